The van der Waals surface area contributed by atoms with Gasteiger partial charge in [0, 0.05) is 6.42 Å². The Morgan fingerprint density at radius 2 is 2.29 bits per heavy atom. The molecule has 1 amide bonds. The molecule has 1 atom stereocenters. The quantitative estimate of drug-likeness (QED) is 0.894. The van der Waals surface area contributed by atoms with Gasteiger partial charge in [0.2, 0.25) is 0 Å². The number of nitrogens with one attached hydrogen (secondary N) is 1. The van der Waals surface area contributed by atoms with Crippen LogP contribution in [0, 0.1) is 12.8 Å². The first kappa shape index (κ1) is 15.6. The molecule has 1 fully saturated rings. The maximum atomic E-state index is 12.6. The normalized spacial score (nSPS) is 23.1. The van der Waals surface area contributed by atoms with Gasteiger partial charge in [0.25, 0.3) is 5.91 Å². The summed E-state index contributed by atoms with van der Waals surface area (Å²) < 4.78 is 5.57. The Morgan fingerprint density at radius 3 is 3.00 bits per heavy atom. The summed E-state index contributed by atoms with van der Waals surface area (Å²) in [7, 11) is 0. The number of aliphatic hydroxyl groups excluding tert-OH is 1. The number of carbonyl (C=O) groups is 1. The summed E-state index contributed by atoms with van der Waals surface area (Å²) in [6, 6.07) is 6.06. The van der Waals surface area contributed by atoms with Gasteiger partial charge in [-0.05, 0) is 48.9 Å². The number of carbonyl (C=O) groups excluding carboxylic acids is 1. The van der Waals surface area contributed by atoms with E-state index in [4.69, 9.17) is 4.74 Å². The van der Waals surface area contributed by atoms with Crippen LogP contribution in [0.4, 0.5) is 0 Å². The van der Waals surface area contributed by atoms with Crippen molar-refractivity contribution in [3.8, 4) is 5.75 Å². The minimum absolute atomic E-state index is 0.0851. The van der Waals surface area contributed by atoms with Crippen LogP contribution in [0.5, 0.6) is 5.75 Å². The number of hydrogen-bond acceptors (Lipinski definition) is 5. The molecule has 1 aromatic carbocycles. The van der Waals surface area contributed by atoms with Crippen molar-refractivity contribution in [2.24, 2.45) is 5.92 Å². The van der Waals surface area contributed by atoms with E-state index in [9.17, 15) is 9.90 Å². The van der Waals surface area contributed by atoms with Crippen LogP contribution in [-0.2, 0) is 6.42 Å². The molecule has 1 aliphatic carbocycles. The lowest BCUT2D eigenvalue weighted by molar-refractivity contribution is 0.0235. The van der Waals surface area contributed by atoms with Gasteiger partial charge in [0.1, 0.15) is 10.6 Å². The highest BCUT2D eigenvalue weighted by Crippen LogP contribution is 2.40. The summed E-state index contributed by atoms with van der Waals surface area (Å²) in [6.45, 7) is 2.57. The Kier molecular flexibility index (Phi) is 4.02. The maximum Gasteiger partial charge on any atom is 0.263 e. The van der Waals surface area contributed by atoms with E-state index in [0.29, 0.717) is 4.88 Å². The lowest BCUT2D eigenvalue weighted by Crippen LogP contribution is -2.41. The number of thiazole rings is 1. The van der Waals surface area contributed by atoms with E-state index < -0.39 is 0 Å². The summed E-state index contributed by atoms with van der Waals surface area (Å²) in [4.78, 5) is 17.5. The van der Waals surface area contributed by atoms with Crippen molar-refractivity contribution in [2.45, 2.75) is 38.3 Å². The van der Waals surface area contributed by atoms with Gasteiger partial charge in [0.05, 0.1) is 30.0 Å². The van der Waals surface area contributed by atoms with Gasteiger partial charge in [-0.15, -0.1) is 11.3 Å². The zero-order valence-electron chi connectivity index (χ0n) is 13.5. The summed E-state index contributed by atoms with van der Waals surface area (Å²) in [5, 5.41) is 12.9. The zero-order chi connectivity index (χ0) is 16.7. The molecule has 2 heterocycles. The van der Waals surface area contributed by atoms with E-state index in [2.05, 4.69) is 16.4 Å². The number of rotatable bonds is 4. The molecular formula is C18H20N2O3S. The number of amides is 1. The Morgan fingerprint density at radius 1 is 1.46 bits per heavy atom. The van der Waals surface area contributed by atoms with Gasteiger partial charge >= 0.3 is 0 Å². The highest BCUT2D eigenvalue weighted by atomic mass is 32.1. The van der Waals surface area contributed by atoms with Crippen molar-refractivity contribution in [3.05, 3.63) is 45.4 Å². The number of nitrogens with zero attached hydrogens (tertiary/aromatic N) is 1. The second-order valence-electron chi connectivity index (χ2n) is 6.57. The fourth-order valence-corrected chi connectivity index (χ4v) is 4.21. The molecule has 4 rings (SSSR count). The third-order valence-electron chi connectivity index (χ3n) is 4.93. The predicted molar refractivity (Wildman–Crippen MR) is 91.4 cm³/mol. The van der Waals surface area contributed by atoms with Gasteiger partial charge in [-0.3, -0.25) is 4.79 Å². The van der Waals surface area contributed by atoms with Gasteiger partial charge in [0.15, 0.2) is 0 Å². The van der Waals surface area contributed by atoms with Gasteiger partial charge in [-0.2, -0.15) is 0 Å². The van der Waals surface area contributed by atoms with Crippen molar-refractivity contribution in [1.29, 1.82) is 0 Å². The zero-order valence-corrected chi connectivity index (χ0v) is 14.3. The molecule has 24 heavy (non-hydrogen) atoms. The van der Waals surface area contributed by atoms with Gasteiger partial charge in [-0.25, -0.2) is 4.98 Å². The molecule has 0 bridgehead atoms. The number of aliphatic hydroxyl groups is 1. The van der Waals surface area contributed by atoms with Crippen LogP contribution in [0.25, 0.3) is 0 Å². The minimum atomic E-state index is -0.252. The first-order chi connectivity index (χ1) is 11.6. The first-order valence-electron chi connectivity index (χ1n) is 8.26. The van der Waals surface area contributed by atoms with Crippen molar-refractivity contribution in [2.75, 3.05) is 6.61 Å². The van der Waals surface area contributed by atoms with E-state index >= 15 is 0 Å². The Balaban J connectivity index is 1.60. The topological polar surface area (TPSA) is 71.5 Å². The molecule has 0 unspecified atom stereocenters. The van der Waals surface area contributed by atoms with Crippen molar-refractivity contribution < 1.29 is 14.6 Å². The number of aromatic nitrogens is 1. The molecule has 2 aliphatic rings. The molecule has 1 aromatic heterocycles. The Hall–Kier alpha value is -1.92. The molecule has 0 radical (unpaired) electrons. The molecule has 0 saturated heterocycles. The number of aryl methyl sites for hydroxylation is 1. The molecule has 126 valence electrons. The lowest BCUT2D eigenvalue weighted by atomic mass is 9.75. The molecule has 1 aliphatic heterocycles. The van der Waals surface area contributed by atoms with Crippen molar-refractivity contribution in [1.82, 2.24) is 10.3 Å². The highest BCUT2D eigenvalue weighted by Gasteiger charge is 2.36. The lowest BCUT2D eigenvalue weighted by Gasteiger charge is -2.38. The Labute approximate surface area is 144 Å². The fourth-order valence-electron chi connectivity index (χ4n) is 3.50. The van der Waals surface area contributed by atoms with Crippen LogP contribution in [0.1, 0.15) is 45.4 Å². The van der Waals surface area contributed by atoms with Crippen LogP contribution in [0.15, 0.2) is 23.7 Å². The third kappa shape index (κ3) is 2.80. The number of fused-ring (bicyclic) bond motifs is 1. The molecule has 2 N–H and O–H groups in total. The number of ether oxygens (including phenoxy) is 1. The molecule has 2 aromatic rings. The van der Waals surface area contributed by atoms with Crippen molar-refractivity contribution >= 4 is 17.2 Å². The SMILES string of the molecule is Cc1ncsc1C(=O)N[C@@H](c1ccc2c(c1)CCO2)C1CC(O)C1. The van der Waals surface area contributed by atoms with Gasteiger partial charge < -0.3 is 15.2 Å². The van der Waals surface area contributed by atoms with E-state index in [1.165, 1.54) is 16.9 Å². The standard InChI is InChI=1S/C18H20N2O3S/c1-10-17(24-9-19-10)18(22)20-16(13-7-14(21)8-13)12-2-3-15-11(6-12)4-5-23-15/h2-3,6,9,13-14,16,21H,4-5,7-8H2,1H3,(H,20,22)/t13?,14?,16-/m0/s1. The molecule has 1 saturated carbocycles. The van der Waals surface area contributed by atoms with Crippen LogP contribution in [0.2, 0.25) is 0 Å². The average molecular weight is 344 g/mol. The largest absolute Gasteiger partial charge is 0.493 e. The predicted octanol–water partition coefficient (Wildman–Crippen LogP) is 2.63. The van der Waals surface area contributed by atoms with Crippen LogP contribution < -0.4 is 10.1 Å². The molecule has 0 spiro atoms. The minimum Gasteiger partial charge on any atom is -0.493 e. The molecular weight excluding hydrogens is 324 g/mol. The summed E-state index contributed by atoms with van der Waals surface area (Å²) >= 11 is 1.36. The second kappa shape index (κ2) is 6.18. The fraction of sp³-hybridized carbons (Fsp3) is 0.444. The number of hydrogen-bond donors (Lipinski definition) is 2. The highest BCUT2D eigenvalue weighted by molar-refractivity contribution is 7.11. The average Bonchev–Trinajstić information content (AvgIpc) is 3.17. The van der Waals surface area contributed by atoms with Crippen molar-refractivity contribution in [3.63, 3.8) is 0 Å². The van der Waals surface area contributed by atoms with Crippen LogP contribution >= 0.6 is 11.3 Å². The van der Waals surface area contributed by atoms with Crippen LogP contribution in [-0.4, -0.2) is 28.7 Å². The van der Waals surface area contributed by atoms with E-state index in [1.54, 1.807) is 5.51 Å². The number of benzene rings is 1. The van der Waals surface area contributed by atoms with E-state index in [1.807, 2.05) is 19.1 Å². The van der Waals surface area contributed by atoms with Gasteiger partial charge in [-0.1, -0.05) is 6.07 Å². The Bertz CT molecular complexity index is 767. The maximum absolute atomic E-state index is 12.6. The monoisotopic (exact) mass is 344 g/mol. The first-order valence-corrected chi connectivity index (χ1v) is 9.14. The molecule has 5 nitrogen and oxygen atoms in total. The summed E-state index contributed by atoms with van der Waals surface area (Å²) in [6.07, 6.45) is 2.10. The summed E-state index contributed by atoms with van der Waals surface area (Å²) in [5.41, 5.74) is 4.73. The third-order valence-corrected chi connectivity index (χ3v) is 5.86. The molecule has 6 heteroatoms. The second-order valence-corrected chi connectivity index (χ2v) is 7.42. The smallest absolute Gasteiger partial charge is 0.263 e. The summed E-state index contributed by atoms with van der Waals surface area (Å²) in [5.74, 6) is 1.12. The van der Waals surface area contributed by atoms with E-state index in [0.717, 1.165) is 42.9 Å². The van der Waals surface area contributed by atoms with E-state index in [-0.39, 0.29) is 24.0 Å². The van der Waals surface area contributed by atoms with Crippen LogP contribution in [0.3, 0.4) is 0 Å².